The zero-order valence-corrected chi connectivity index (χ0v) is 61.8. The summed E-state index contributed by atoms with van der Waals surface area (Å²) in [5.74, 6) is 0.211. The third kappa shape index (κ3) is 65.4. The van der Waals surface area contributed by atoms with E-state index in [9.17, 15) is 43.2 Å². The van der Waals surface area contributed by atoms with Gasteiger partial charge in [-0.1, -0.05) is 318 Å². The van der Waals surface area contributed by atoms with Crippen LogP contribution < -0.4 is 0 Å². The minimum Gasteiger partial charge on any atom is -0.462 e. The summed E-state index contributed by atoms with van der Waals surface area (Å²) >= 11 is 0. The second kappa shape index (κ2) is 63.8. The molecule has 0 aliphatic carbocycles. The van der Waals surface area contributed by atoms with Crippen molar-refractivity contribution < 1.29 is 80.2 Å². The van der Waals surface area contributed by atoms with Gasteiger partial charge in [0.1, 0.15) is 19.3 Å². The van der Waals surface area contributed by atoms with E-state index >= 15 is 0 Å². The standard InChI is InChI=1S/C73H142O17P2/c1-8-10-11-12-13-14-26-33-40-47-54-70(75)83-60-69(90-73(78)57-50-43-36-29-22-24-31-38-45-52-65(5)6)63-88-92(81,82)86-59-67(74)58-85-91(79,80)87-62-68(61-84-71(76)55-48-41-34-27-21-20-25-32-39-46-53-66(7)9-2)89-72(77)56-49-42-35-28-19-17-15-16-18-23-30-37-44-51-64(3)4/h64-69,74H,8-63H2,1-7H3,(H,79,80)(H,81,82)/t66?,67-,68-,69-/m1/s1. The van der Waals surface area contributed by atoms with Crippen molar-refractivity contribution in [2.24, 2.45) is 17.8 Å². The highest BCUT2D eigenvalue weighted by molar-refractivity contribution is 7.47. The van der Waals surface area contributed by atoms with Crippen LogP contribution >= 0.6 is 15.6 Å². The van der Waals surface area contributed by atoms with Gasteiger partial charge in [-0.05, 0) is 43.4 Å². The van der Waals surface area contributed by atoms with Crippen LogP contribution in [-0.4, -0.2) is 96.7 Å². The minimum atomic E-state index is -4.96. The average molecular weight is 1350 g/mol. The lowest BCUT2D eigenvalue weighted by Gasteiger charge is -2.21. The van der Waals surface area contributed by atoms with Crippen molar-refractivity contribution >= 4 is 39.5 Å². The van der Waals surface area contributed by atoms with Crippen molar-refractivity contribution in [1.29, 1.82) is 0 Å². The van der Waals surface area contributed by atoms with Crippen LogP contribution in [0.1, 0.15) is 370 Å². The Morgan fingerprint density at radius 1 is 0.315 bits per heavy atom. The molecule has 0 spiro atoms. The number of carbonyl (C=O) groups excluding carboxylic acids is 4. The molecule has 0 aliphatic rings. The largest absolute Gasteiger partial charge is 0.472 e. The quantitative estimate of drug-likeness (QED) is 0.0222. The number of rotatable bonds is 71. The maximum absolute atomic E-state index is 13.1. The van der Waals surface area contributed by atoms with Crippen LogP contribution in [0.25, 0.3) is 0 Å². The van der Waals surface area contributed by atoms with Crippen molar-refractivity contribution in [2.75, 3.05) is 39.6 Å². The van der Waals surface area contributed by atoms with Gasteiger partial charge in [-0.2, -0.15) is 0 Å². The van der Waals surface area contributed by atoms with E-state index in [2.05, 4.69) is 48.5 Å². The SMILES string of the molecule is CCCCCCCCCCCCC(=O)OC[C@H](COP(=O)(O)OC[C@H](O)COP(=O)(O)OC[C@@H](COC(=O)CCCCCCCCCCCCC(C)CC)OC(=O)CCCCCCCCCCCCCCCC(C)C)OC(=O)CCCCCCCCCCCC(C)C. The number of hydrogen-bond acceptors (Lipinski definition) is 15. The molecule has 0 saturated heterocycles. The van der Waals surface area contributed by atoms with Crippen molar-refractivity contribution in [3.05, 3.63) is 0 Å². The molecule has 19 heteroatoms. The maximum atomic E-state index is 13.1. The molecule has 0 bridgehead atoms. The highest BCUT2D eigenvalue weighted by Gasteiger charge is 2.30. The molecule has 0 radical (unpaired) electrons. The highest BCUT2D eigenvalue weighted by Crippen LogP contribution is 2.45. The number of aliphatic hydroxyl groups excluding tert-OH is 1. The molecule has 0 aliphatic heterocycles. The lowest BCUT2D eigenvalue weighted by Crippen LogP contribution is -2.30. The fraction of sp³-hybridized carbons (Fsp3) is 0.945. The first-order valence-corrected chi connectivity index (χ1v) is 40.9. The zero-order chi connectivity index (χ0) is 68.0. The van der Waals surface area contributed by atoms with Crippen LogP contribution in [0.4, 0.5) is 0 Å². The topological polar surface area (TPSA) is 237 Å². The normalized spacial score (nSPS) is 14.4. The molecule has 0 aromatic carbocycles. The van der Waals surface area contributed by atoms with Gasteiger partial charge < -0.3 is 33.8 Å². The van der Waals surface area contributed by atoms with Crippen LogP contribution in [0, 0.1) is 17.8 Å². The first-order chi connectivity index (χ1) is 44.3. The Hall–Kier alpha value is -1.94. The fourth-order valence-electron chi connectivity index (χ4n) is 11.0. The number of esters is 4. The van der Waals surface area contributed by atoms with E-state index in [0.717, 1.165) is 108 Å². The molecule has 92 heavy (non-hydrogen) atoms. The summed E-state index contributed by atoms with van der Waals surface area (Å²) in [4.78, 5) is 72.7. The zero-order valence-electron chi connectivity index (χ0n) is 60.0. The number of phosphoric ester groups is 2. The Bertz CT molecular complexity index is 1800. The van der Waals surface area contributed by atoms with E-state index in [1.165, 1.54) is 180 Å². The highest BCUT2D eigenvalue weighted by atomic mass is 31.2. The predicted octanol–water partition coefficient (Wildman–Crippen LogP) is 21.0. The van der Waals surface area contributed by atoms with E-state index in [1.54, 1.807) is 0 Å². The van der Waals surface area contributed by atoms with Gasteiger partial charge in [-0.3, -0.25) is 37.3 Å². The Morgan fingerprint density at radius 3 is 0.826 bits per heavy atom. The molecule has 0 saturated carbocycles. The lowest BCUT2D eigenvalue weighted by atomic mass is 9.99. The van der Waals surface area contributed by atoms with Crippen molar-refractivity contribution in [3.8, 4) is 0 Å². The summed E-state index contributed by atoms with van der Waals surface area (Å²) < 4.78 is 68.4. The smallest absolute Gasteiger partial charge is 0.462 e. The molecule has 17 nitrogen and oxygen atoms in total. The van der Waals surface area contributed by atoms with Gasteiger partial charge in [0.05, 0.1) is 26.4 Å². The van der Waals surface area contributed by atoms with Crippen molar-refractivity contribution in [3.63, 3.8) is 0 Å². The minimum absolute atomic E-state index is 0.105. The molecule has 0 aromatic rings. The molecule has 3 N–H and O–H groups in total. The summed E-state index contributed by atoms with van der Waals surface area (Å²) in [6, 6.07) is 0. The fourth-order valence-corrected chi connectivity index (χ4v) is 12.6. The lowest BCUT2D eigenvalue weighted by molar-refractivity contribution is -0.161. The van der Waals surface area contributed by atoms with Crippen molar-refractivity contribution in [1.82, 2.24) is 0 Å². The molecule has 0 aromatic heterocycles. The molecule has 0 fully saturated rings. The van der Waals surface area contributed by atoms with Gasteiger partial charge in [0.25, 0.3) is 0 Å². The molecule has 0 rings (SSSR count). The third-order valence-electron chi connectivity index (χ3n) is 17.2. The summed E-state index contributed by atoms with van der Waals surface area (Å²) in [5, 5.41) is 10.6. The van der Waals surface area contributed by atoms with E-state index in [0.29, 0.717) is 25.7 Å². The van der Waals surface area contributed by atoms with E-state index in [-0.39, 0.29) is 25.7 Å². The first-order valence-electron chi connectivity index (χ1n) is 37.9. The Kier molecular flexibility index (Phi) is 62.4. The summed E-state index contributed by atoms with van der Waals surface area (Å²) in [6.07, 6.45) is 48.4. The first kappa shape index (κ1) is 90.1. The van der Waals surface area contributed by atoms with Gasteiger partial charge in [-0.15, -0.1) is 0 Å². The van der Waals surface area contributed by atoms with Crippen LogP contribution in [0.5, 0.6) is 0 Å². The molecular formula is C73H142O17P2. The Labute approximate surface area is 562 Å². The molecule has 0 heterocycles. The van der Waals surface area contributed by atoms with Crippen LogP contribution in [-0.2, 0) is 65.4 Å². The number of unbranched alkanes of at least 4 members (excludes halogenated alkanes) is 38. The second-order valence-corrected chi connectivity index (χ2v) is 30.4. The van der Waals surface area contributed by atoms with Crippen LogP contribution in [0.2, 0.25) is 0 Å². The number of hydrogen-bond donors (Lipinski definition) is 3. The molecule has 0 amide bonds. The van der Waals surface area contributed by atoms with Crippen LogP contribution in [0.15, 0.2) is 0 Å². The molecule has 3 unspecified atom stereocenters. The van der Waals surface area contributed by atoms with Gasteiger partial charge >= 0.3 is 39.5 Å². The summed E-state index contributed by atoms with van der Waals surface area (Å²) in [5.41, 5.74) is 0. The van der Waals surface area contributed by atoms with Gasteiger partial charge in [-0.25, -0.2) is 9.13 Å². The molecule has 546 valence electrons. The molecular weight excluding hydrogens is 1210 g/mol. The van der Waals surface area contributed by atoms with Gasteiger partial charge in [0.2, 0.25) is 0 Å². The van der Waals surface area contributed by atoms with E-state index in [4.69, 9.17) is 37.0 Å². The summed E-state index contributed by atoms with van der Waals surface area (Å²) in [7, 11) is -9.91. The monoisotopic (exact) mass is 1350 g/mol. The molecule has 6 atom stereocenters. The second-order valence-electron chi connectivity index (χ2n) is 27.5. The predicted molar refractivity (Wildman–Crippen MR) is 372 cm³/mol. The Balaban J connectivity index is 5.26. The van der Waals surface area contributed by atoms with Gasteiger partial charge in [0.15, 0.2) is 12.2 Å². The Morgan fingerprint density at radius 2 is 0.554 bits per heavy atom. The number of aliphatic hydroxyl groups is 1. The van der Waals surface area contributed by atoms with E-state index in [1.807, 2.05) is 0 Å². The third-order valence-corrected chi connectivity index (χ3v) is 19.1. The number of carbonyl (C=O) groups is 4. The maximum Gasteiger partial charge on any atom is 0.472 e. The van der Waals surface area contributed by atoms with E-state index < -0.39 is 97.5 Å². The summed E-state index contributed by atoms with van der Waals surface area (Å²) in [6.45, 7) is 11.9. The van der Waals surface area contributed by atoms with Gasteiger partial charge in [0, 0.05) is 25.7 Å². The van der Waals surface area contributed by atoms with Crippen molar-refractivity contribution in [2.45, 2.75) is 388 Å². The average Bonchev–Trinajstić information content (AvgIpc) is 1.99. The number of ether oxygens (including phenoxy) is 4. The number of phosphoric acid groups is 2. The van der Waals surface area contributed by atoms with Crippen LogP contribution in [0.3, 0.4) is 0 Å².